The van der Waals surface area contributed by atoms with E-state index in [-0.39, 0.29) is 5.82 Å². The third-order valence-electron chi connectivity index (χ3n) is 3.73. The van der Waals surface area contributed by atoms with Crippen molar-refractivity contribution in [3.8, 4) is 0 Å². The summed E-state index contributed by atoms with van der Waals surface area (Å²) >= 11 is 3.18. The molecule has 1 aromatic carbocycles. The van der Waals surface area contributed by atoms with E-state index in [9.17, 15) is 4.39 Å². The number of nitrogens with zero attached hydrogens (tertiary/aromatic N) is 1. The molecule has 0 aromatic heterocycles. The largest absolute Gasteiger partial charge is 0.397 e. The number of anilines is 2. The molecule has 0 aliphatic carbocycles. The van der Waals surface area contributed by atoms with Crippen molar-refractivity contribution in [1.29, 1.82) is 0 Å². The van der Waals surface area contributed by atoms with Gasteiger partial charge in [0.1, 0.15) is 5.82 Å². The maximum absolute atomic E-state index is 13.7. The number of benzene rings is 1. The third-order valence-corrected chi connectivity index (χ3v) is 4.34. The first-order valence-electron chi connectivity index (χ1n) is 6.64. The maximum Gasteiger partial charge on any atom is 0.139 e. The smallest absolute Gasteiger partial charge is 0.139 e. The predicted octanol–water partition coefficient (Wildman–Crippen LogP) is 4.33. The summed E-state index contributed by atoms with van der Waals surface area (Å²) in [4.78, 5) is 2.29. The van der Waals surface area contributed by atoms with Crippen molar-refractivity contribution in [2.75, 3.05) is 17.2 Å². The summed E-state index contributed by atoms with van der Waals surface area (Å²) in [5, 5.41) is 0. The van der Waals surface area contributed by atoms with Crippen molar-refractivity contribution in [3.05, 3.63) is 22.4 Å². The Balaban J connectivity index is 2.35. The number of nitrogen functional groups attached to an aromatic ring is 1. The van der Waals surface area contributed by atoms with Crippen LogP contribution in [0.1, 0.15) is 39.0 Å². The molecule has 18 heavy (non-hydrogen) atoms. The predicted molar refractivity (Wildman–Crippen MR) is 78.4 cm³/mol. The van der Waals surface area contributed by atoms with E-state index in [0.29, 0.717) is 16.2 Å². The van der Waals surface area contributed by atoms with Crippen LogP contribution in [0.3, 0.4) is 0 Å². The van der Waals surface area contributed by atoms with Gasteiger partial charge < -0.3 is 10.6 Å². The summed E-state index contributed by atoms with van der Waals surface area (Å²) in [6, 6.07) is 3.71. The van der Waals surface area contributed by atoms with Crippen LogP contribution < -0.4 is 10.6 Å². The Morgan fingerprint density at radius 3 is 2.89 bits per heavy atom. The van der Waals surface area contributed by atoms with Gasteiger partial charge >= 0.3 is 0 Å². The summed E-state index contributed by atoms with van der Waals surface area (Å²) in [7, 11) is 0. The second-order valence-corrected chi connectivity index (χ2v) is 5.78. The molecule has 1 aliphatic heterocycles. The van der Waals surface area contributed by atoms with Gasteiger partial charge in [0.05, 0.1) is 15.8 Å². The first-order valence-corrected chi connectivity index (χ1v) is 7.44. The van der Waals surface area contributed by atoms with Crippen LogP contribution in [0, 0.1) is 5.82 Å². The molecular formula is C14H20BrFN2. The van der Waals surface area contributed by atoms with Gasteiger partial charge in [-0.15, -0.1) is 0 Å². The molecule has 0 radical (unpaired) electrons. The van der Waals surface area contributed by atoms with E-state index in [2.05, 4.69) is 27.8 Å². The van der Waals surface area contributed by atoms with Crippen LogP contribution in [0.25, 0.3) is 0 Å². The topological polar surface area (TPSA) is 29.3 Å². The van der Waals surface area contributed by atoms with Crippen molar-refractivity contribution >= 4 is 27.3 Å². The van der Waals surface area contributed by atoms with Crippen LogP contribution in [0.15, 0.2) is 16.6 Å². The molecule has 1 atom stereocenters. The van der Waals surface area contributed by atoms with Crippen molar-refractivity contribution in [2.45, 2.75) is 45.1 Å². The van der Waals surface area contributed by atoms with Crippen molar-refractivity contribution in [1.82, 2.24) is 0 Å². The van der Waals surface area contributed by atoms with Gasteiger partial charge in [0.15, 0.2) is 0 Å². The lowest BCUT2D eigenvalue weighted by molar-refractivity contribution is 0.554. The number of nitrogens with two attached hydrogens (primary N) is 1. The molecule has 0 saturated carbocycles. The standard InChI is InChI=1S/C14H20BrFN2/c1-2-10-6-4-3-5-7-18(10)14-9-12(16)11(15)8-13(14)17/h8-10H,2-7,17H2,1H3. The zero-order valence-corrected chi connectivity index (χ0v) is 12.3. The fourth-order valence-electron chi connectivity index (χ4n) is 2.72. The lowest BCUT2D eigenvalue weighted by Gasteiger charge is -2.32. The molecule has 1 aromatic rings. The quantitative estimate of drug-likeness (QED) is 0.823. The molecule has 2 nitrogen and oxygen atoms in total. The molecule has 0 bridgehead atoms. The highest BCUT2D eigenvalue weighted by Crippen LogP contribution is 2.33. The Kier molecular flexibility index (Phi) is 4.49. The Morgan fingerprint density at radius 2 is 2.17 bits per heavy atom. The number of hydrogen-bond donors (Lipinski definition) is 1. The third kappa shape index (κ3) is 2.79. The second kappa shape index (κ2) is 5.91. The number of hydrogen-bond acceptors (Lipinski definition) is 2. The number of halogens is 2. The molecule has 1 heterocycles. The molecule has 2 rings (SSSR count). The van der Waals surface area contributed by atoms with Crippen molar-refractivity contribution in [3.63, 3.8) is 0 Å². The van der Waals surface area contributed by atoms with Gasteiger partial charge in [0.2, 0.25) is 0 Å². The van der Waals surface area contributed by atoms with Gasteiger partial charge in [-0.05, 0) is 41.3 Å². The minimum atomic E-state index is -0.238. The summed E-state index contributed by atoms with van der Waals surface area (Å²) in [6.45, 7) is 3.16. The normalized spacial score (nSPS) is 20.8. The molecule has 1 aliphatic rings. The Hall–Kier alpha value is -0.770. The molecule has 4 heteroatoms. The van der Waals surface area contributed by atoms with Crippen LogP contribution in [0.4, 0.5) is 15.8 Å². The maximum atomic E-state index is 13.7. The second-order valence-electron chi connectivity index (χ2n) is 4.93. The zero-order valence-electron chi connectivity index (χ0n) is 10.8. The molecular weight excluding hydrogens is 295 g/mol. The lowest BCUT2D eigenvalue weighted by Crippen LogP contribution is -2.35. The van der Waals surface area contributed by atoms with Crippen molar-refractivity contribution < 1.29 is 4.39 Å². The molecule has 2 N–H and O–H groups in total. The van der Waals surface area contributed by atoms with Crippen LogP contribution in [-0.2, 0) is 0 Å². The van der Waals surface area contributed by atoms with E-state index in [1.165, 1.54) is 19.3 Å². The van der Waals surface area contributed by atoms with Crippen LogP contribution >= 0.6 is 15.9 Å². The Morgan fingerprint density at radius 1 is 1.39 bits per heavy atom. The molecule has 1 saturated heterocycles. The summed E-state index contributed by atoms with van der Waals surface area (Å²) in [5.74, 6) is -0.238. The Bertz CT molecular complexity index is 423. The Labute approximate surface area is 116 Å². The molecule has 0 amide bonds. The fourth-order valence-corrected chi connectivity index (χ4v) is 3.08. The highest BCUT2D eigenvalue weighted by molar-refractivity contribution is 9.10. The molecule has 1 unspecified atom stereocenters. The van der Waals surface area contributed by atoms with E-state index in [0.717, 1.165) is 25.1 Å². The highest BCUT2D eigenvalue weighted by Gasteiger charge is 2.22. The highest BCUT2D eigenvalue weighted by atomic mass is 79.9. The van der Waals surface area contributed by atoms with Gasteiger partial charge in [-0.25, -0.2) is 4.39 Å². The molecule has 100 valence electrons. The van der Waals surface area contributed by atoms with Crippen LogP contribution in [0.2, 0.25) is 0 Å². The average Bonchev–Trinajstić information content (AvgIpc) is 2.58. The minimum Gasteiger partial charge on any atom is -0.397 e. The van der Waals surface area contributed by atoms with E-state index in [1.54, 1.807) is 12.1 Å². The average molecular weight is 315 g/mol. The van der Waals surface area contributed by atoms with E-state index >= 15 is 0 Å². The van der Waals surface area contributed by atoms with Gasteiger partial charge in [-0.2, -0.15) is 0 Å². The number of rotatable bonds is 2. The van der Waals surface area contributed by atoms with E-state index in [4.69, 9.17) is 5.73 Å². The summed E-state index contributed by atoms with van der Waals surface area (Å²) < 4.78 is 14.2. The summed E-state index contributed by atoms with van der Waals surface area (Å²) in [5.41, 5.74) is 7.56. The van der Waals surface area contributed by atoms with Gasteiger partial charge in [0, 0.05) is 18.7 Å². The monoisotopic (exact) mass is 314 g/mol. The lowest BCUT2D eigenvalue weighted by atomic mass is 10.1. The van der Waals surface area contributed by atoms with Gasteiger partial charge in [0.25, 0.3) is 0 Å². The van der Waals surface area contributed by atoms with Crippen LogP contribution in [0.5, 0.6) is 0 Å². The minimum absolute atomic E-state index is 0.238. The van der Waals surface area contributed by atoms with Crippen LogP contribution in [-0.4, -0.2) is 12.6 Å². The molecule has 0 spiro atoms. The SMILES string of the molecule is CCC1CCCCCN1c1cc(F)c(Br)cc1N. The zero-order chi connectivity index (χ0) is 13.1. The summed E-state index contributed by atoms with van der Waals surface area (Å²) in [6.07, 6.45) is 5.93. The van der Waals surface area contributed by atoms with E-state index in [1.807, 2.05) is 0 Å². The fraction of sp³-hybridized carbons (Fsp3) is 0.571. The van der Waals surface area contributed by atoms with E-state index < -0.39 is 0 Å². The van der Waals surface area contributed by atoms with Crippen molar-refractivity contribution in [2.24, 2.45) is 0 Å². The van der Waals surface area contributed by atoms with Gasteiger partial charge in [-0.1, -0.05) is 19.8 Å². The molecule has 1 fully saturated rings. The first kappa shape index (κ1) is 13.7. The first-order chi connectivity index (χ1) is 8.63. The van der Waals surface area contributed by atoms with Gasteiger partial charge in [-0.3, -0.25) is 0 Å².